The van der Waals surface area contributed by atoms with Gasteiger partial charge in [0.15, 0.2) is 4.80 Å². The molecule has 0 unspecified atom stereocenters. The number of rotatable bonds is 6. The lowest BCUT2D eigenvalue weighted by Gasteiger charge is -2.09. The van der Waals surface area contributed by atoms with E-state index in [0.29, 0.717) is 23.6 Å². The summed E-state index contributed by atoms with van der Waals surface area (Å²) in [5.41, 5.74) is 2.09. The summed E-state index contributed by atoms with van der Waals surface area (Å²) in [6.07, 6.45) is 0. The minimum atomic E-state index is -0.443. The molecule has 0 saturated heterocycles. The lowest BCUT2D eigenvalue weighted by molar-refractivity contribution is 0.103. The third-order valence-electron chi connectivity index (χ3n) is 4.70. The van der Waals surface area contributed by atoms with Crippen LogP contribution in [0.25, 0.3) is 0 Å². The average Bonchev–Trinajstić information content (AvgIpc) is 2.82. The summed E-state index contributed by atoms with van der Waals surface area (Å²) < 4.78 is 14.7. The Morgan fingerprint density at radius 1 is 0.906 bits per heavy atom. The molecule has 1 heterocycles. The minimum absolute atomic E-state index is 0.232. The summed E-state index contributed by atoms with van der Waals surface area (Å²) in [6.45, 7) is 0.734. The van der Waals surface area contributed by atoms with Crippen molar-refractivity contribution >= 4 is 22.9 Å². The number of hydrogen-bond donors (Lipinski definition) is 1. The van der Waals surface area contributed by atoms with Crippen LogP contribution in [0.15, 0.2) is 101 Å². The van der Waals surface area contributed by atoms with Gasteiger partial charge in [-0.3, -0.25) is 19.1 Å². The Morgan fingerprint density at radius 3 is 2.19 bits per heavy atom. The molecular weight excluding hydrogens is 425 g/mol. The zero-order chi connectivity index (χ0) is 22.3. The number of hydrogen-bond acceptors (Lipinski definition) is 4. The van der Waals surface area contributed by atoms with E-state index in [0.717, 1.165) is 22.5 Å². The number of aromatic nitrogens is 1. The SMILES string of the molecule is O=C(Nc1ccc(F)cc1)c1cc(=O)n(Cc2ccccc2)c(=NCc2ccccc2)s1. The molecule has 0 bridgehead atoms. The molecular formula is C25H20FN3O2S. The second-order valence-electron chi connectivity index (χ2n) is 7.07. The van der Waals surface area contributed by atoms with Crippen LogP contribution in [-0.2, 0) is 13.1 Å². The third-order valence-corrected chi connectivity index (χ3v) is 5.76. The van der Waals surface area contributed by atoms with Gasteiger partial charge in [0.1, 0.15) is 10.7 Å². The normalized spacial score (nSPS) is 11.3. The van der Waals surface area contributed by atoms with Gasteiger partial charge in [-0.2, -0.15) is 0 Å². The molecule has 1 N–H and O–H groups in total. The Hall–Kier alpha value is -3.84. The number of benzene rings is 3. The van der Waals surface area contributed by atoms with E-state index in [4.69, 9.17) is 0 Å². The first-order valence-electron chi connectivity index (χ1n) is 9.99. The number of amides is 1. The standard InChI is InChI=1S/C25H20FN3O2S/c26-20-11-13-21(14-12-20)28-24(31)22-15-23(30)29(17-19-9-5-2-6-10-19)25(32-22)27-16-18-7-3-1-4-8-18/h1-15H,16-17H2,(H,28,31). The van der Waals surface area contributed by atoms with E-state index in [1.54, 1.807) is 4.57 Å². The highest BCUT2D eigenvalue weighted by molar-refractivity contribution is 7.11. The minimum Gasteiger partial charge on any atom is -0.321 e. The Kier molecular flexibility index (Phi) is 6.67. The fraction of sp³-hybridized carbons (Fsp3) is 0.0800. The molecule has 0 radical (unpaired) electrons. The van der Waals surface area contributed by atoms with Crippen molar-refractivity contribution in [2.24, 2.45) is 4.99 Å². The molecule has 160 valence electrons. The van der Waals surface area contributed by atoms with Gasteiger partial charge in [0.05, 0.1) is 13.1 Å². The van der Waals surface area contributed by atoms with Crippen molar-refractivity contribution in [3.63, 3.8) is 0 Å². The first-order valence-corrected chi connectivity index (χ1v) is 10.8. The average molecular weight is 446 g/mol. The Balaban J connectivity index is 1.70. The summed E-state index contributed by atoms with van der Waals surface area (Å²) in [7, 11) is 0. The summed E-state index contributed by atoms with van der Waals surface area (Å²) in [6, 6.07) is 26.1. The van der Waals surface area contributed by atoms with E-state index in [1.807, 2.05) is 60.7 Å². The summed E-state index contributed by atoms with van der Waals surface area (Å²) in [5.74, 6) is -0.835. The zero-order valence-electron chi connectivity index (χ0n) is 17.1. The lowest BCUT2D eigenvalue weighted by Crippen LogP contribution is -2.33. The van der Waals surface area contributed by atoms with Gasteiger partial charge in [-0.05, 0) is 35.4 Å². The van der Waals surface area contributed by atoms with Crippen LogP contribution in [0.1, 0.15) is 20.8 Å². The highest BCUT2D eigenvalue weighted by Crippen LogP contribution is 2.11. The molecule has 0 aliphatic heterocycles. The number of carbonyl (C=O) groups is 1. The van der Waals surface area contributed by atoms with E-state index in [1.165, 1.54) is 30.3 Å². The molecule has 32 heavy (non-hydrogen) atoms. The largest absolute Gasteiger partial charge is 0.321 e. The van der Waals surface area contributed by atoms with Crippen molar-refractivity contribution < 1.29 is 9.18 Å². The van der Waals surface area contributed by atoms with Gasteiger partial charge in [-0.15, -0.1) is 0 Å². The lowest BCUT2D eigenvalue weighted by atomic mass is 10.2. The van der Waals surface area contributed by atoms with Crippen LogP contribution in [0, 0.1) is 5.82 Å². The second kappa shape index (κ2) is 9.98. The van der Waals surface area contributed by atoms with Crippen molar-refractivity contribution in [2.45, 2.75) is 13.1 Å². The van der Waals surface area contributed by atoms with E-state index in [9.17, 15) is 14.0 Å². The predicted octanol–water partition coefficient (Wildman–Crippen LogP) is 4.45. The molecule has 4 rings (SSSR count). The van der Waals surface area contributed by atoms with Crippen LogP contribution in [0.2, 0.25) is 0 Å². The predicted molar refractivity (Wildman–Crippen MR) is 124 cm³/mol. The Labute approximate surface area is 188 Å². The smallest absolute Gasteiger partial charge is 0.266 e. The van der Waals surface area contributed by atoms with Crippen LogP contribution in [-0.4, -0.2) is 10.5 Å². The van der Waals surface area contributed by atoms with Crippen LogP contribution < -0.4 is 15.7 Å². The maximum atomic E-state index is 13.1. The summed E-state index contributed by atoms with van der Waals surface area (Å²) in [4.78, 5) is 31.1. The monoisotopic (exact) mass is 445 g/mol. The van der Waals surface area contributed by atoms with Crippen LogP contribution in [0.3, 0.4) is 0 Å². The fourth-order valence-electron chi connectivity index (χ4n) is 3.08. The third kappa shape index (κ3) is 5.44. The molecule has 1 amide bonds. The van der Waals surface area contributed by atoms with E-state index in [2.05, 4.69) is 10.3 Å². The fourth-order valence-corrected chi connectivity index (χ4v) is 3.97. The van der Waals surface area contributed by atoms with Crippen molar-refractivity contribution in [2.75, 3.05) is 5.32 Å². The summed E-state index contributed by atoms with van der Waals surface area (Å²) >= 11 is 1.14. The van der Waals surface area contributed by atoms with Gasteiger partial charge >= 0.3 is 0 Å². The molecule has 1 aromatic heterocycles. The van der Waals surface area contributed by atoms with Crippen LogP contribution in [0.4, 0.5) is 10.1 Å². The number of nitrogens with one attached hydrogen (secondary N) is 1. The molecule has 0 saturated carbocycles. The highest BCUT2D eigenvalue weighted by atomic mass is 32.1. The van der Waals surface area contributed by atoms with Crippen LogP contribution in [0.5, 0.6) is 0 Å². The second-order valence-corrected chi connectivity index (χ2v) is 8.08. The van der Waals surface area contributed by atoms with Crippen LogP contribution >= 0.6 is 11.3 Å². The van der Waals surface area contributed by atoms with Gasteiger partial charge in [-0.25, -0.2) is 4.39 Å². The molecule has 0 atom stereocenters. The highest BCUT2D eigenvalue weighted by Gasteiger charge is 2.12. The van der Waals surface area contributed by atoms with E-state index in [-0.39, 0.29) is 10.4 Å². The van der Waals surface area contributed by atoms with E-state index >= 15 is 0 Å². The molecule has 3 aromatic carbocycles. The van der Waals surface area contributed by atoms with Crippen molar-refractivity contribution in [3.8, 4) is 0 Å². The molecule has 7 heteroatoms. The molecule has 0 aliphatic carbocycles. The zero-order valence-corrected chi connectivity index (χ0v) is 17.9. The quantitative estimate of drug-likeness (QED) is 0.477. The van der Waals surface area contributed by atoms with E-state index < -0.39 is 11.7 Å². The van der Waals surface area contributed by atoms with Gasteiger partial charge in [0.25, 0.3) is 11.5 Å². The maximum Gasteiger partial charge on any atom is 0.266 e. The summed E-state index contributed by atoms with van der Waals surface area (Å²) in [5, 5.41) is 2.70. The van der Waals surface area contributed by atoms with Gasteiger partial charge in [0.2, 0.25) is 0 Å². The number of carbonyl (C=O) groups excluding carboxylic acids is 1. The van der Waals surface area contributed by atoms with Crippen molar-refractivity contribution in [3.05, 3.63) is 128 Å². The van der Waals surface area contributed by atoms with Gasteiger partial charge in [-0.1, -0.05) is 72.0 Å². The molecule has 5 nitrogen and oxygen atoms in total. The first-order chi connectivity index (χ1) is 15.6. The van der Waals surface area contributed by atoms with Gasteiger partial charge in [0, 0.05) is 11.8 Å². The number of anilines is 1. The van der Waals surface area contributed by atoms with Gasteiger partial charge < -0.3 is 5.32 Å². The molecule has 0 fully saturated rings. The maximum absolute atomic E-state index is 13.1. The van der Waals surface area contributed by atoms with Crippen molar-refractivity contribution in [1.29, 1.82) is 0 Å². The topological polar surface area (TPSA) is 63.5 Å². The molecule has 4 aromatic rings. The molecule has 0 aliphatic rings. The Bertz CT molecular complexity index is 1330. The number of nitrogens with zero attached hydrogens (tertiary/aromatic N) is 2. The number of halogens is 1. The molecule has 0 spiro atoms. The van der Waals surface area contributed by atoms with Crippen molar-refractivity contribution in [1.82, 2.24) is 4.57 Å². The Morgan fingerprint density at radius 2 is 1.53 bits per heavy atom. The first kappa shape index (κ1) is 21.4.